The number of aliphatic imine (C=N–C) groups is 1. The lowest BCUT2D eigenvalue weighted by atomic mass is 10.1. The Bertz CT molecular complexity index is 606. The molecular weight excluding hydrogens is 415 g/mol. The Hall–Kier alpha value is -1.57. The van der Waals surface area contributed by atoms with E-state index in [4.69, 9.17) is 4.42 Å². The van der Waals surface area contributed by atoms with Gasteiger partial charge in [-0.15, -0.1) is 24.0 Å². The number of hydrogen-bond acceptors (Lipinski definition) is 3. The fraction of sp³-hybridized carbons (Fsp3) is 0.444. The van der Waals surface area contributed by atoms with Gasteiger partial charge in [-0.25, -0.2) is 9.98 Å². The molecule has 132 valence electrons. The largest absolute Gasteiger partial charge is 0.444 e. The molecule has 0 atom stereocenters. The number of nitrogens with zero attached hydrogens (tertiary/aromatic N) is 2. The van der Waals surface area contributed by atoms with Gasteiger partial charge >= 0.3 is 0 Å². The van der Waals surface area contributed by atoms with Gasteiger partial charge in [0, 0.05) is 13.1 Å². The predicted molar refractivity (Wildman–Crippen MR) is 109 cm³/mol. The molecule has 6 heteroatoms. The molecule has 24 heavy (non-hydrogen) atoms. The van der Waals surface area contributed by atoms with E-state index in [1.54, 1.807) is 0 Å². The third kappa shape index (κ3) is 6.90. The Morgan fingerprint density at radius 2 is 1.92 bits per heavy atom. The molecule has 2 N–H and O–H groups in total. The van der Waals surface area contributed by atoms with Crippen molar-refractivity contribution in [2.75, 3.05) is 13.1 Å². The van der Waals surface area contributed by atoms with Crippen LogP contribution < -0.4 is 10.6 Å². The van der Waals surface area contributed by atoms with Gasteiger partial charge in [-0.2, -0.15) is 0 Å². The molecule has 1 aromatic heterocycles. The first kappa shape index (κ1) is 20.5. The summed E-state index contributed by atoms with van der Waals surface area (Å²) in [5, 5.41) is 6.59. The number of guanidine groups is 1. The summed E-state index contributed by atoms with van der Waals surface area (Å²) in [7, 11) is 0. The Morgan fingerprint density at radius 1 is 1.17 bits per heavy atom. The van der Waals surface area contributed by atoms with Gasteiger partial charge in [0.25, 0.3) is 0 Å². The highest BCUT2D eigenvalue weighted by atomic mass is 127. The van der Waals surface area contributed by atoms with Crippen molar-refractivity contribution >= 4 is 29.9 Å². The Labute approximate surface area is 161 Å². The first-order valence-corrected chi connectivity index (χ1v) is 8.18. The minimum atomic E-state index is 0. The van der Waals surface area contributed by atoms with Crippen molar-refractivity contribution in [2.45, 2.75) is 40.2 Å². The van der Waals surface area contributed by atoms with E-state index in [9.17, 15) is 0 Å². The van der Waals surface area contributed by atoms with Crippen LogP contribution in [-0.4, -0.2) is 24.0 Å². The highest BCUT2D eigenvalue weighted by Crippen LogP contribution is 2.08. The Balaban J connectivity index is 0.00000288. The van der Waals surface area contributed by atoms with Gasteiger partial charge in [-0.1, -0.05) is 30.3 Å². The van der Waals surface area contributed by atoms with Crippen molar-refractivity contribution in [1.29, 1.82) is 0 Å². The van der Waals surface area contributed by atoms with E-state index in [1.807, 2.05) is 19.9 Å². The molecule has 2 aromatic rings. The number of oxazole rings is 1. The van der Waals surface area contributed by atoms with E-state index in [2.05, 4.69) is 51.8 Å². The van der Waals surface area contributed by atoms with Crippen molar-refractivity contribution < 1.29 is 4.42 Å². The van der Waals surface area contributed by atoms with Crippen molar-refractivity contribution in [3.8, 4) is 0 Å². The molecule has 0 aliphatic carbocycles. The van der Waals surface area contributed by atoms with Crippen molar-refractivity contribution in [2.24, 2.45) is 4.99 Å². The SMILES string of the molecule is CCNC(=NCc1nc(C)c(C)o1)NCCCc1ccccc1.I. The predicted octanol–water partition coefficient (Wildman–Crippen LogP) is 3.60. The Kier molecular flexibility index (Phi) is 9.44. The molecular formula is C18H27IN4O. The number of nitrogens with one attached hydrogen (secondary N) is 2. The molecule has 2 rings (SSSR count). The standard InChI is InChI=1S/C18H26N4O.HI/c1-4-19-18(21-13-17-22-14(2)15(3)23-17)20-12-8-11-16-9-6-5-7-10-16;/h5-7,9-10H,4,8,11-13H2,1-3H3,(H2,19,20,21);1H. The molecule has 5 nitrogen and oxygen atoms in total. The second-order valence-electron chi connectivity index (χ2n) is 5.46. The number of benzene rings is 1. The van der Waals surface area contributed by atoms with Gasteiger partial charge in [0.05, 0.1) is 5.69 Å². The van der Waals surface area contributed by atoms with E-state index < -0.39 is 0 Å². The van der Waals surface area contributed by atoms with Crippen molar-refractivity contribution in [3.05, 3.63) is 53.2 Å². The Morgan fingerprint density at radius 3 is 2.54 bits per heavy atom. The highest BCUT2D eigenvalue weighted by molar-refractivity contribution is 14.0. The first-order valence-electron chi connectivity index (χ1n) is 8.18. The summed E-state index contributed by atoms with van der Waals surface area (Å²) in [4.78, 5) is 8.87. The third-order valence-corrected chi connectivity index (χ3v) is 3.57. The van der Waals surface area contributed by atoms with Crippen LogP contribution in [0.5, 0.6) is 0 Å². The molecule has 1 heterocycles. The van der Waals surface area contributed by atoms with E-state index in [1.165, 1.54) is 5.56 Å². The maximum absolute atomic E-state index is 5.55. The van der Waals surface area contributed by atoms with E-state index >= 15 is 0 Å². The summed E-state index contributed by atoms with van der Waals surface area (Å²) in [5.41, 5.74) is 2.29. The van der Waals surface area contributed by atoms with Gasteiger partial charge in [0.2, 0.25) is 5.89 Å². The fourth-order valence-electron chi connectivity index (χ4n) is 2.24. The monoisotopic (exact) mass is 442 g/mol. The maximum Gasteiger partial charge on any atom is 0.216 e. The lowest BCUT2D eigenvalue weighted by Crippen LogP contribution is -2.37. The highest BCUT2D eigenvalue weighted by Gasteiger charge is 2.05. The van der Waals surface area contributed by atoms with Gasteiger partial charge in [-0.05, 0) is 39.2 Å². The quantitative estimate of drug-likeness (QED) is 0.298. The zero-order valence-electron chi connectivity index (χ0n) is 14.6. The van der Waals surface area contributed by atoms with E-state index in [-0.39, 0.29) is 24.0 Å². The number of hydrogen-bond donors (Lipinski definition) is 2. The maximum atomic E-state index is 5.55. The van der Waals surface area contributed by atoms with Gasteiger partial charge in [0.15, 0.2) is 5.96 Å². The summed E-state index contributed by atoms with van der Waals surface area (Å²) in [6, 6.07) is 10.5. The number of halogens is 1. The molecule has 0 amide bonds. The van der Waals surface area contributed by atoms with Crippen LogP contribution in [0.4, 0.5) is 0 Å². The average Bonchev–Trinajstić information content (AvgIpc) is 2.88. The molecule has 1 aromatic carbocycles. The fourth-order valence-corrected chi connectivity index (χ4v) is 2.24. The molecule has 0 unspecified atom stereocenters. The summed E-state index contributed by atoms with van der Waals surface area (Å²) in [6.45, 7) is 8.07. The zero-order valence-corrected chi connectivity index (χ0v) is 17.0. The minimum absolute atomic E-state index is 0. The molecule has 0 saturated carbocycles. The second kappa shape index (κ2) is 11.1. The van der Waals surface area contributed by atoms with Crippen LogP contribution in [0.3, 0.4) is 0 Å². The zero-order chi connectivity index (χ0) is 16.5. The molecule has 0 radical (unpaired) electrons. The van der Waals surface area contributed by atoms with Crippen LogP contribution in [0.1, 0.15) is 36.3 Å². The minimum Gasteiger partial charge on any atom is -0.444 e. The summed E-state index contributed by atoms with van der Waals surface area (Å²) >= 11 is 0. The van der Waals surface area contributed by atoms with Crippen LogP contribution in [0, 0.1) is 13.8 Å². The summed E-state index contributed by atoms with van der Waals surface area (Å²) in [5.74, 6) is 2.31. The molecule has 0 spiro atoms. The lowest BCUT2D eigenvalue weighted by molar-refractivity contribution is 0.473. The number of aryl methyl sites for hydroxylation is 3. The topological polar surface area (TPSA) is 62.5 Å². The van der Waals surface area contributed by atoms with E-state index in [0.717, 1.165) is 43.3 Å². The summed E-state index contributed by atoms with van der Waals surface area (Å²) < 4.78 is 5.55. The van der Waals surface area contributed by atoms with Gasteiger partial charge in [-0.3, -0.25) is 0 Å². The van der Waals surface area contributed by atoms with E-state index in [0.29, 0.717) is 12.4 Å². The lowest BCUT2D eigenvalue weighted by Gasteiger charge is -2.10. The normalized spacial score (nSPS) is 11.0. The molecule has 0 fully saturated rings. The average molecular weight is 442 g/mol. The van der Waals surface area contributed by atoms with Gasteiger partial charge < -0.3 is 15.1 Å². The van der Waals surface area contributed by atoms with Crippen LogP contribution in [0.25, 0.3) is 0 Å². The van der Waals surface area contributed by atoms with Crippen molar-refractivity contribution in [1.82, 2.24) is 15.6 Å². The molecule has 0 saturated heterocycles. The van der Waals surface area contributed by atoms with Crippen LogP contribution in [0.2, 0.25) is 0 Å². The molecule has 0 bridgehead atoms. The number of aromatic nitrogens is 1. The summed E-state index contributed by atoms with van der Waals surface area (Å²) in [6.07, 6.45) is 2.12. The van der Waals surface area contributed by atoms with Crippen LogP contribution >= 0.6 is 24.0 Å². The second-order valence-corrected chi connectivity index (χ2v) is 5.46. The molecule has 0 aliphatic rings. The van der Waals surface area contributed by atoms with Gasteiger partial charge in [0.1, 0.15) is 12.3 Å². The third-order valence-electron chi connectivity index (χ3n) is 3.57. The van der Waals surface area contributed by atoms with Crippen LogP contribution in [0.15, 0.2) is 39.7 Å². The number of rotatable bonds is 7. The first-order chi connectivity index (χ1) is 11.2. The molecule has 0 aliphatic heterocycles. The smallest absolute Gasteiger partial charge is 0.216 e. The van der Waals surface area contributed by atoms with Crippen molar-refractivity contribution in [3.63, 3.8) is 0 Å². The van der Waals surface area contributed by atoms with Crippen LogP contribution in [-0.2, 0) is 13.0 Å².